The summed E-state index contributed by atoms with van der Waals surface area (Å²) in [5, 5.41) is 0. The van der Waals surface area contributed by atoms with Crippen LogP contribution in [0, 0.1) is 6.92 Å². The molecular formula is C9H11N5. The summed E-state index contributed by atoms with van der Waals surface area (Å²) >= 11 is 0. The van der Waals surface area contributed by atoms with Gasteiger partial charge in [-0.2, -0.15) is 0 Å². The van der Waals surface area contributed by atoms with Crippen LogP contribution < -0.4 is 5.73 Å². The van der Waals surface area contributed by atoms with Gasteiger partial charge < -0.3 is 10.3 Å². The molecule has 2 aromatic heterocycles. The Balaban J connectivity index is 2.28. The van der Waals surface area contributed by atoms with Crippen LogP contribution in [-0.4, -0.2) is 19.5 Å². The number of aromatic nitrogens is 4. The number of nitrogens with zero attached hydrogens (tertiary/aromatic N) is 4. The topological polar surface area (TPSA) is 69.6 Å². The summed E-state index contributed by atoms with van der Waals surface area (Å²) in [4.78, 5) is 12.3. The Kier molecular flexibility index (Phi) is 2.14. The number of rotatable bonds is 2. The van der Waals surface area contributed by atoms with E-state index in [-0.39, 0.29) is 0 Å². The van der Waals surface area contributed by atoms with Gasteiger partial charge in [-0.25, -0.2) is 4.98 Å². The molecule has 0 fully saturated rings. The van der Waals surface area contributed by atoms with Crippen molar-refractivity contribution in [2.75, 3.05) is 5.73 Å². The van der Waals surface area contributed by atoms with Gasteiger partial charge in [-0.1, -0.05) is 0 Å². The normalized spacial score (nSPS) is 10.4. The van der Waals surface area contributed by atoms with Crippen molar-refractivity contribution >= 4 is 5.95 Å². The van der Waals surface area contributed by atoms with Gasteiger partial charge in [0.05, 0.1) is 17.9 Å². The van der Waals surface area contributed by atoms with Crippen LogP contribution in [0.25, 0.3) is 0 Å². The van der Waals surface area contributed by atoms with Crippen molar-refractivity contribution in [3.63, 3.8) is 0 Å². The second kappa shape index (κ2) is 3.45. The van der Waals surface area contributed by atoms with Crippen LogP contribution in [0.3, 0.4) is 0 Å². The Morgan fingerprint density at radius 1 is 1.21 bits per heavy atom. The van der Waals surface area contributed by atoms with Crippen LogP contribution in [0.5, 0.6) is 0 Å². The molecule has 0 saturated carbocycles. The largest absolute Gasteiger partial charge is 0.369 e. The SMILES string of the molecule is Cc1nccnc1Cn1ccnc1N. The molecule has 72 valence electrons. The molecule has 5 nitrogen and oxygen atoms in total. The van der Waals surface area contributed by atoms with Crippen molar-refractivity contribution in [3.05, 3.63) is 36.2 Å². The zero-order chi connectivity index (χ0) is 9.97. The van der Waals surface area contributed by atoms with Gasteiger partial charge in [0.25, 0.3) is 0 Å². The van der Waals surface area contributed by atoms with Crippen LogP contribution >= 0.6 is 0 Å². The number of anilines is 1. The van der Waals surface area contributed by atoms with Crippen LogP contribution in [0.1, 0.15) is 11.4 Å². The Hall–Kier alpha value is -1.91. The van der Waals surface area contributed by atoms with Gasteiger partial charge in [0.1, 0.15) is 0 Å². The van der Waals surface area contributed by atoms with Gasteiger partial charge in [-0.15, -0.1) is 0 Å². The lowest BCUT2D eigenvalue weighted by molar-refractivity contribution is 0.768. The summed E-state index contributed by atoms with van der Waals surface area (Å²) in [6.07, 6.45) is 6.84. The molecule has 2 N–H and O–H groups in total. The summed E-state index contributed by atoms with van der Waals surface area (Å²) in [7, 11) is 0. The molecule has 0 spiro atoms. The summed E-state index contributed by atoms with van der Waals surface area (Å²) in [6, 6.07) is 0. The molecule has 2 aromatic rings. The first-order chi connectivity index (χ1) is 6.77. The highest BCUT2D eigenvalue weighted by Gasteiger charge is 2.03. The number of aryl methyl sites for hydroxylation is 1. The van der Waals surface area contributed by atoms with E-state index in [2.05, 4.69) is 15.0 Å². The van der Waals surface area contributed by atoms with E-state index in [1.165, 1.54) is 0 Å². The predicted octanol–water partition coefficient (Wildman–Crippen LogP) is 0.612. The monoisotopic (exact) mass is 189 g/mol. The molecule has 2 heterocycles. The maximum Gasteiger partial charge on any atom is 0.200 e. The van der Waals surface area contributed by atoms with Crippen molar-refractivity contribution in [3.8, 4) is 0 Å². The fraction of sp³-hybridized carbons (Fsp3) is 0.222. The number of hydrogen-bond acceptors (Lipinski definition) is 4. The van der Waals surface area contributed by atoms with Gasteiger partial charge in [0, 0.05) is 24.8 Å². The molecule has 0 unspecified atom stereocenters. The standard InChI is InChI=1S/C9H11N5/c1-7-8(12-3-2-11-7)6-14-5-4-13-9(14)10/h2-5H,6H2,1H3,(H2,10,13). The highest BCUT2D eigenvalue weighted by molar-refractivity contribution is 5.20. The molecular weight excluding hydrogens is 178 g/mol. The van der Waals surface area contributed by atoms with E-state index in [0.717, 1.165) is 11.4 Å². The molecule has 5 heteroatoms. The maximum atomic E-state index is 5.64. The second-order valence-electron chi connectivity index (χ2n) is 3.00. The average Bonchev–Trinajstić information content (AvgIpc) is 2.56. The summed E-state index contributed by atoms with van der Waals surface area (Å²) in [5.41, 5.74) is 7.47. The molecule has 2 rings (SSSR count). The zero-order valence-electron chi connectivity index (χ0n) is 7.88. The van der Waals surface area contributed by atoms with Gasteiger partial charge in [-0.05, 0) is 6.92 Å². The number of nitrogens with two attached hydrogens (primary N) is 1. The van der Waals surface area contributed by atoms with E-state index in [9.17, 15) is 0 Å². The Bertz CT molecular complexity index is 434. The minimum atomic E-state index is 0.495. The summed E-state index contributed by atoms with van der Waals surface area (Å²) < 4.78 is 1.83. The van der Waals surface area contributed by atoms with Crippen LogP contribution in [0.4, 0.5) is 5.95 Å². The molecule has 14 heavy (non-hydrogen) atoms. The van der Waals surface area contributed by atoms with E-state index in [1.54, 1.807) is 18.6 Å². The van der Waals surface area contributed by atoms with Crippen molar-refractivity contribution < 1.29 is 0 Å². The Labute approximate surface area is 81.6 Å². The fourth-order valence-corrected chi connectivity index (χ4v) is 1.23. The minimum Gasteiger partial charge on any atom is -0.369 e. The van der Waals surface area contributed by atoms with Crippen LogP contribution in [0.15, 0.2) is 24.8 Å². The predicted molar refractivity (Wildman–Crippen MR) is 52.5 cm³/mol. The first-order valence-electron chi connectivity index (χ1n) is 4.30. The highest BCUT2D eigenvalue weighted by Crippen LogP contribution is 2.06. The van der Waals surface area contributed by atoms with E-state index in [0.29, 0.717) is 12.5 Å². The fourth-order valence-electron chi connectivity index (χ4n) is 1.23. The average molecular weight is 189 g/mol. The Morgan fingerprint density at radius 3 is 2.64 bits per heavy atom. The molecule has 0 amide bonds. The van der Waals surface area contributed by atoms with Crippen molar-refractivity contribution in [1.82, 2.24) is 19.5 Å². The second-order valence-corrected chi connectivity index (χ2v) is 3.00. The minimum absolute atomic E-state index is 0.495. The van der Waals surface area contributed by atoms with E-state index in [1.807, 2.05) is 17.7 Å². The third-order valence-electron chi connectivity index (χ3n) is 2.05. The number of hydrogen-bond donors (Lipinski definition) is 1. The Morgan fingerprint density at radius 2 is 2.00 bits per heavy atom. The van der Waals surface area contributed by atoms with Crippen molar-refractivity contribution in [1.29, 1.82) is 0 Å². The third kappa shape index (κ3) is 1.56. The summed E-state index contributed by atoms with van der Waals surface area (Å²) in [5.74, 6) is 0.495. The molecule has 0 radical (unpaired) electrons. The highest BCUT2D eigenvalue weighted by atomic mass is 15.1. The quantitative estimate of drug-likeness (QED) is 0.751. The zero-order valence-corrected chi connectivity index (χ0v) is 7.88. The maximum absolute atomic E-state index is 5.64. The van der Waals surface area contributed by atoms with Crippen LogP contribution in [0.2, 0.25) is 0 Å². The van der Waals surface area contributed by atoms with Gasteiger partial charge in [0.15, 0.2) is 5.95 Å². The molecule has 0 aliphatic rings. The van der Waals surface area contributed by atoms with Gasteiger partial charge in [-0.3, -0.25) is 9.97 Å². The third-order valence-corrected chi connectivity index (χ3v) is 2.05. The van der Waals surface area contributed by atoms with E-state index < -0.39 is 0 Å². The molecule has 0 aliphatic carbocycles. The van der Waals surface area contributed by atoms with E-state index in [4.69, 9.17) is 5.73 Å². The first kappa shape index (κ1) is 8.68. The molecule has 0 atom stereocenters. The van der Waals surface area contributed by atoms with Gasteiger partial charge in [0.2, 0.25) is 0 Å². The molecule has 0 bridgehead atoms. The van der Waals surface area contributed by atoms with E-state index >= 15 is 0 Å². The first-order valence-corrected chi connectivity index (χ1v) is 4.30. The lowest BCUT2D eigenvalue weighted by atomic mass is 10.3. The summed E-state index contributed by atoms with van der Waals surface area (Å²) in [6.45, 7) is 2.54. The lowest BCUT2D eigenvalue weighted by Gasteiger charge is -2.05. The van der Waals surface area contributed by atoms with Gasteiger partial charge >= 0.3 is 0 Å². The number of imidazole rings is 1. The molecule has 0 saturated heterocycles. The number of nitrogen functional groups attached to an aromatic ring is 1. The lowest BCUT2D eigenvalue weighted by Crippen LogP contribution is -2.07. The van der Waals surface area contributed by atoms with Crippen LogP contribution in [-0.2, 0) is 6.54 Å². The van der Waals surface area contributed by atoms with Crippen molar-refractivity contribution in [2.45, 2.75) is 13.5 Å². The smallest absolute Gasteiger partial charge is 0.200 e. The van der Waals surface area contributed by atoms with Crippen molar-refractivity contribution in [2.24, 2.45) is 0 Å². The molecule has 0 aliphatic heterocycles. The molecule has 0 aromatic carbocycles.